The number of hydrogen-bond acceptors (Lipinski definition) is 0. The summed E-state index contributed by atoms with van der Waals surface area (Å²) in [7, 11) is 0. The molecule has 0 atom stereocenters. The largest absolute Gasteiger partial charge is 0.309 e. The molecule has 0 unspecified atom stereocenters. The maximum Gasteiger partial charge on any atom is 0.0535 e. The zero-order valence-corrected chi connectivity index (χ0v) is 12.7. The SMILES string of the molecule is [c]1ccc(-c2ccc(-c3ccccc3)n2-c2ccccc2)cc1. The van der Waals surface area contributed by atoms with Gasteiger partial charge in [0.05, 0.1) is 11.4 Å². The van der Waals surface area contributed by atoms with E-state index in [4.69, 9.17) is 0 Å². The van der Waals surface area contributed by atoms with Crippen LogP contribution in [0.3, 0.4) is 0 Å². The van der Waals surface area contributed by atoms with Gasteiger partial charge in [-0.15, -0.1) is 0 Å². The Morgan fingerprint density at radius 3 is 1.65 bits per heavy atom. The monoisotopic (exact) mass is 294 g/mol. The van der Waals surface area contributed by atoms with E-state index in [1.54, 1.807) is 0 Å². The van der Waals surface area contributed by atoms with E-state index in [9.17, 15) is 0 Å². The number of benzene rings is 3. The quantitative estimate of drug-likeness (QED) is 0.462. The molecule has 4 rings (SSSR count). The molecule has 0 saturated carbocycles. The third kappa shape index (κ3) is 2.58. The van der Waals surface area contributed by atoms with Crippen molar-refractivity contribution in [1.82, 2.24) is 4.57 Å². The fourth-order valence-corrected chi connectivity index (χ4v) is 2.91. The molecule has 0 spiro atoms. The van der Waals surface area contributed by atoms with Crippen LogP contribution in [0.5, 0.6) is 0 Å². The maximum atomic E-state index is 3.09. The van der Waals surface area contributed by atoms with E-state index in [1.807, 2.05) is 24.3 Å². The number of aromatic nitrogens is 1. The highest BCUT2D eigenvalue weighted by Crippen LogP contribution is 2.32. The number of nitrogens with zero attached hydrogens (tertiary/aromatic N) is 1. The Morgan fingerprint density at radius 1 is 0.522 bits per heavy atom. The first-order valence-corrected chi connectivity index (χ1v) is 7.72. The molecule has 1 nitrogen and oxygen atoms in total. The van der Waals surface area contributed by atoms with E-state index in [2.05, 4.69) is 83.4 Å². The zero-order valence-electron chi connectivity index (χ0n) is 12.7. The molecule has 1 aromatic heterocycles. The topological polar surface area (TPSA) is 4.93 Å². The molecule has 0 aliphatic carbocycles. The van der Waals surface area contributed by atoms with E-state index >= 15 is 0 Å². The molecule has 109 valence electrons. The predicted molar refractivity (Wildman–Crippen MR) is 95.5 cm³/mol. The first kappa shape index (κ1) is 13.6. The normalized spacial score (nSPS) is 10.6. The Morgan fingerprint density at radius 2 is 1.04 bits per heavy atom. The number of rotatable bonds is 3. The lowest BCUT2D eigenvalue weighted by atomic mass is 10.1. The van der Waals surface area contributed by atoms with E-state index in [0.717, 1.165) is 0 Å². The van der Waals surface area contributed by atoms with Crippen LogP contribution in [0.25, 0.3) is 28.2 Å². The highest BCUT2D eigenvalue weighted by Gasteiger charge is 2.12. The Bertz CT molecular complexity index is 834. The molecule has 4 aromatic rings. The Labute approximate surface area is 136 Å². The van der Waals surface area contributed by atoms with Crippen molar-refractivity contribution >= 4 is 0 Å². The van der Waals surface area contributed by atoms with Crippen molar-refractivity contribution in [3.63, 3.8) is 0 Å². The molecule has 23 heavy (non-hydrogen) atoms. The highest BCUT2D eigenvalue weighted by molar-refractivity contribution is 5.73. The lowest BCUT2D eigenvalue weighted by Gasteiger charge is -2.14. The van der Waals surface area contributed by atoms with Gasteiger partial charge in [-0.05, 0) is 41.5 Å². The fourth-order valence-electron chi connectivity index (χ4n) is 2.91. The van der Waals surface area contributed by atoms with Crippen molar-refractivity contribution in [2.24, 2.45) is 0 Å². The highest BCUT2D eigenvalue weighted by atomic mass is 15.0. The molecule has 1 radical (unpaired) electrons. The standard InChI is InChI=1S/C22H16N/c1-4-10-18(11-5-1)21-16-17-22(19-12-6-2-7-13-19)23(21)20-14-8-3-9-15-20/h1,3-17H. The average Bonchev–Trinajstić information content (AvgIpc) is 3.09. The summed E-state index contributed by atoms with van der Waals surface area (Å²) >= 11 is 0. The lowest BCUT2D eigenvalue weighted by Crippen LogP contribution is -1.98. The van der Waals surface area contributed by atoms with Crippen LogP contribution in [0.2, 0.25) is 0 Å². The molecule has 0 fully saturated rings. The molecule has 0 amide bonds. The van der Waals surface area contributed by atoms with Crippen LogP contribution in [-0.4, -0.2) is 4.57 Å². The first-order chi connectivity index (χ1) is 11.4. The predicted octanol–water partition coefficient (Wildman–Crippen LogP) is 5.61. The van der Waals surface area contributed by atoms with Crippen molar-refractivity contribution in [1.29, 1.82) is 0 Å². The fraction of sp³-hybridized carbons (Fsp3) is 0. The van der Waals surface area contributed by atoms with Gasteiger partial charge in [-0.1, -0.05) is 72.8 Å². The summed E-state index contributed by atoms with van der Waals surface area (Å²) in [5.74, 6) is 0. The van der Waals surface area contributed by atoms with Crippen molar-refractivity contribution in [3.8, 4) is 28.2 Å². The van der Waals surface area contributed by atoms with Crippen LogP contribution in [0.1, 0.15) is 0 Å². The van der Waals surface area contributed by atoms with E-state index in [-0.39, 0.29) is 0 Å². The van der Waals surface area contributed by atoms with Crippen molar-refractivity contribution in [3.05, 3.63) is 103 Å². The molecule has 1 heterocycles. The molecule has 0 bridgehead atoms. The molecular weight excluding hydrogens is 278 g/mol. The van der Waals surface area contributed by atoms with Gasteiger partial charge in [-0.3, -0.25) is 0 Å². The van der Waals surface area contributed by atoms with Crippen LogP contribution in [0.4, 0.5) is 0 Å². The first-order valence-electron chi connectivity index (χ1n) is 7.72. The van der Waals surface area contributed by atoms with Crippen molar-refractivity contribution in [2.75, 3.05) is 0 Å². The second kappa shape index (κ2) is 5.98. The summed E-state index contributed by atoms with van der Waals surface area (Å²) in [6.45, 7) is 0. The zero-order chi connectivity index (χ0) is 15.5. The summed E-state index contributed by atoms with van der Waals surface area (Å²) in [5.41, 5.74) is 5.95. The smallest absolute Gasteiger partial charge is 0.0535 e. The lowest BCUT2D eigenvalue weighted by molar-refractivity contribution is 1.09. The summed E-state index contributed by atoms with van der Waals surface area (Å²) in [6.07, 6.45) is 0. The number of para-hydroxylation sites is 1. The van der Waals surface area contributed by atoms with Crippen molar-refractivity contribution in [2.45, 2.75) is 0 Å². The Hall–Kier alpha value is -3.06. The molecule has 1 heteroatoms. The van der Waals surface area contributed by atoms with Gasteiger partial charge >= 0.3 is 0 Å². The summed E-state index contributed by atoms with van der Waals surface area (Å²) in [6, 6.07) is 36.6. The second-order valence-electron chi connectivity index (χ2n) is 5.43. The Kier molecular flexibility index (Phi) is 3.53. The summed E-state index contributed by atoms with van der Waals surface area (Å²) < 4.78 is 2.31. The third-order valence-corrected chi connectivity index (χ3v) is 3.98. The van der Waals surface area contributed by atoms with Gasteiger partial charge in [0.25, 0.3) is 0 Å². The van der Waals surface area contributed by atoms with Gasteiger partial charge in [-0.25, -0.2) is 0 Å². The minimum atomic E-state index is 1.17. The molecule has 3 aromatic carbocycles. The van der Waals surface area contributed by atoms with Crippen LogP contribution < -0.4 is 0 Å². The Balaban J connectivity index is 1.97. The second-order valence-corrected chi connectivity index (χ2v) is 5.43. The minimum absolute atomic E-state index is 1.17. The van der Waals surface area contributed by atoms with Gasteiger partial charge in [0.1, 0.15) is 0 Å². The van der Waals surface area contributed by atoms with Gasteiger partial charge in [-0.2, -0.15) is 0 Å². The van der Waals surface area contributed by atoms with Gasteiger partial charge in [0, 0.05) is 5.69 Å². The number of hydrogen-bond donors (Lipinski definition) is 0. The summed E-state index contributed by atoms with van der Waals surface area (Å²) in [5, 5.41) is 0. The van der Waals surface area contributed by atoms with Gasteiger partial charge in [0.15, 0.2) is 0 Å². The van der Waals surface area contributed by atoms with Crippen LogP contribution in [0.15, 0.2) is 97.1 Å². The average molecular weight is 294 g/mol. The van der Waals surface area contributed by atoms with Crippen LogP contribution in [0, 0.1) is 6.07 Å². The molecular formula is C22H16N. The van der Waals surface area contributed by atoms with Crippen LogP contribution >= 0.6 is 0 Å². The molecule has 0 aliphatic heterocycles. The van der Waals surface area contributed by atoms with Crippen molar-refractivity contribution < 1.29 is 0 Å². The maximum absolute atomic E-state index is 3.09. The minimum Gasteiger partial charge on any atom is -0.309 e. The van der Waals surface area contributed by atoms with Gasteiger partial charge in [0.2, 0.25) is 0 Å². The van der Waals surface area contributed by atoms with Gasteiger partial charge < -0.3 is 4.57 Å². The van der Waals surface area contributed by atoms with E-state index < -0.39 is 0 Å². The van der Waals surface area contributed by atoms with E-state index in [0.29, 0.717) is 0 Å². The van der Waals surface area contributed by atoms with E-state index in [1.165, 1.54) is 28.2 Å². The molecule has 0 saturated heterocycles. The molecule has 0 aliphatic rings. The third-order valence-electron chi connectivity index (χ3n) is 3.98. The summed E-state index contributed by atoms with van der Waals surface area (Å²) in [4.78, 5) is 0. The van der Waals surface area contributed by atoms with Crippen LogP contribution in [-0.2, 0) is 0 Å². The molecule has 0 N–H and O–H groups in total.